The maximum atomic E-state index is 13.0. The highest BCUT2D eigenvalue weighted by Crippen LogP contribution is 2.32. The number of hydrogen-bond donors (Lipinski definition) is 1. The van der Waals surface area contributed by atoms with Gasteiger partial charge in [0.15, 0.2) is 11.0 Å². The first-order valence-corrected chi connectivity index (χ1v) is 11.5. The van der Waals surface area contributed by atoms with E-state index in [4.69, 9.17) is 4.52 Å². The molecule has 1 aliphatic rings. The number of thiazole rings is 1. The Balaban J connectivity index is 1.36. The van der Waals surface area contributed by atoms with E-state index in [1.807, 2.05) is 38.1 Å². The van der Waals surface area contributed by atoms with Gasteiger partial charge in [0.2, 0.25) is 5.91 Å². The fourth-order valence-electron chi connectivity index (χ4n) is 3.87. The number of anilines is 2. The van der Waals surface area contributed by atoms with E-state index in [0.717, 1.165) is 35.4 Å². The number of piperidine rings is 1. The molecule has 1 aliphatic heterocycles. The van der Waals surface area contributed by atoms with Crippen molar-refractivity contribution in [3.8, 4) is 11.5 Å². The monoisotopic (exact) mass is 449 g/mol. The normalized spacial score (nSPS) is 16.4. The van der Waals surface area contributed by atoms with E-state index in [9.17, 15) is 4.79 Å². The Kier molecular flexibility index (Phi) is 5.52. The zero-order valence-electron chi connectivity index (χ0n) is 17.9. The predicted molar refractivity (Wildman–Crippen MR) is 123 cm³/mol. The number of aryl methyl sites for hydroxylation is 2. The van der Waals surface area contributed by atoms with Gasteiger partial charge in [0.1, 0.15) is 17.2 Å². The highest BCUT2D eigenvalue weighted by atomic mass is 32.1. The zero-order chi connectivity index (χ0) is 22.1. The number of aromatic nitrogens is 5. The third-order valence-corrected chi connectivity index (χ3v) is 6.47. The van der Waals surface area contributed by atoms with Crippen LogP contribution < -0.4 is 10.2 Å². The molecule has 9 nitrogen and oxygen atoms in total. The van der Waals surface area contributed by atoms with Gasteiger partial charge in [-0.1, -0.05) is 35.5 Å². The quantitative estimate of drug-likeness (QED) is 0.489. The van der Waals surface area contributed by atoms with E-state index in [-0.39, 0.29) is 11.8 Å². The van der Waals surface area contributed by atoms with Crippen LogP contribution in [0.4, 0.5) is 10.9 Å². The molecule has 1 amide bonds. The first-order valence-electron chi connectivity index (χ1n) is 10.7. The Morgan fingerprint density at radius 3 is 2.97 bits per heavy atom. The van der Waals surface area contributed by atoms with Crippen molar-refractivity contribution in [1.82, 2.24) is 25.1 Å². The SMILES string of the molecule is CCc1noc(-c2cnc(C)nc2N2CCCC(C(=O)Nc3nc4ccccc4s3)C2)n1. The molecule has 10 heteroatoms. The third-order valence-electron chi connectivity index (χ3n) is 5.52. The summed E-state index contributed by atoms with van der Waals surface area (Å²) in [5, 5.41) is 7.64. The fraction of sp³-hybridized carbons (Fsp3) is 0.364. The van der Waals surface area contributed by atoms with Gasteiger partial charge in [-0.2, -0.15) is 4.98 Å². The number of nitrogens with one attached hydrogen (secondary N) is 1. The summed E-state index contributed by atoms with van der Waals surface area (Å²) in [4.78, 5) is 33.1. The second-order valence-electron chi connectivity index (χ2n) is 7.78. The Bertz CT molecular complexity index is 1240. The smallest absolute Gasteiger partial charge is 0.263 e. The third kappa shape index (κ3) is 4.05. The van der Waals surface area contributed by atoms with Crippen LogP contribution in [0.2, 0.25) is 0 Å². The minimum atomic E-state index is -0.173. The predicted octanol–water partition coefficient (Wildman–Crippen LogP) is 3.86. The van der Waals surface area contributed by atoms with E-state index in [1.54, 1.807) is 6.20 Å². The van der Waals surface area contributed by atoms with E-state index >= 15 is 0 Å². The molecule has 0 radical (unpaired) electrons. The number of rotatable bonds is 5. The van der Waals surface area contributed by atoms with Crippen LogP contribution >= 0.6 is 11.3 Å². The van der Waals surface area contributed by atoms with E-state index in [1.165, 1.54) is 11.3 Å². The second kappa shape index (κ2) is 8.62. The second-order valence-corrected chi connectivity index (χ2v) is 8.82. The topological polar surface area (TPSA) is 110 Å². The molecule has 1 N–H and O–H groups in total. The van der Waals surface area contributed by atoms with Crippen LogP contribution in [0.5, 0.6) is 0 Å². The van der Waals surface area contributed by atoms with Gasteiger partial charge < -0.3 is 14.7 Å². The average molecular weight is 450 g/mol. The van der Waals surface area contributed by atoms with Crippen LogP contribution in [0.3, 0.4) is 0 Å². The zero-order valence-corrected chi connectivity index (χ0v) is 18.7. The van der Waals surface area contributed by atoms with Crippen molar-refractivity contribution in [3.63, 3.8) is 0 Å². The summed E-state index contributed by atoms with van der Waals surface area (Å²) in [5.41, 5.74) is 1.58. The summed E-state index contributed by atoms with van der Waals surface area (Å²) < 4.78 is 6.50. The molecule has 4 heterocycles. The van der Waals surface area contributed by atoms with Crippen molar-refractivity contribution in [2.75, 3.05) is 23.3 Å². The van der Waals surface area contributed by atoms with Crippen LogP contribution in [0.15, 0.2) is 35.0 Å². The van der Waals surface area contributed by atoms with Crippen molar-refractivity contribution in [1.29, 1.82) is 0 Å². The minimum absolute atomic E-state index is 0.0212. The van der Waals surface area contributed by atoms with Gasteiger partial charge in [-0.05, 0) is 31.9 Å². The van der Waals surface area contributed by atoms with Gasteiger partial charge >= 0.3 is 0 Å². The van der Waals surface area contributed by atoms with E-state index in [2.05, 4.69) is 35.3 Å². The molecule has 32 heavy (non-hydrogen) atoms. The molecule has 1 aromatic carbocycles. The summed E-state index contributed by atoms with van der Waals surface area (Å²) in [6, 6.07) is 7.87. The van der Waals surface area contributed by atoms with Crippen LogP contribution in [0.1, 0.15) is 31.4 Å². The molecule has 5 rings (SSSR count). The molecule has 0 bridgehead atoms. The van der Waals surface area contributed by atoms with E-state index in [0.29, 0.717) is 41.2 Å². The molecular formula is C22H23N7O2S. The lowest BCUT2D eigenvalue weighted by atomic mass is 9.97. The van der Waals surface area contributed by atoms with Crippen molar-refractivity contribution < 1.29 is 9.32 Å². The summed E-state index contributed by atoms with van der Waals surface area (Å²) in [5.74, 6) is 2.22. The Hall–Kier alpha value is -3.40. The number of carbonyl (C=O) groups excluding carboxylic acids is 1. The van der Waals surface area contributed by atoms with Crippen LogP contribution in [-0.4, -0.2) is 44.1 Å². The number of hydrogen-bond acceptors (Lipinski definition) is 9. The summed E-state index contributed by atoms with van der Waals surface area (Å²) >= 11 is 1.49. The fourth-order valence-corrected chi connectivity index (χ4v) is 4.74. The molecule has 1 atom stereocenters. The standard InChI is InChI=1S/C22H23N7O2S/c1-3-18-26-21(31-28-18)15-11-23-13(2)24-19(15)29-10-6-7-14(12-29)20(30)27-22-25-16-8-4-5-9-17(16)32-22/h4-5,8-9,11,14H,3,6-7,10,12H2,1-2H3,(H,25,27,30). The number of amides is 1. The Morgan fingerprint density at radius 2 is 2.16 bits per heavy atom. The van der Waals surface area contributed by atoms with Gasteiger partial charge in [0, 0.05) is 25.7 Å². The molecule has 1 unspecified atom stereocenters. The Morgan fingerprint density at radius 1 is 1.28 bits per heavy atom. The summed E-state index contributed by atoms with van der Waals surface area (Å²) in [6.07, 6.45) is 4.09. The number of nitrogens with zero attached hydrogens (tertiary/aromatic N) is 6. The molecule has 1 fully saturated rings. The van der Waals surface area contributed by atoms with Gasteiger partial charge in [0.05, 0.1) is 16.1 Å². The summed E-state index contributed by atoms with van der Waals surface area (Å²) in [6.45, 7) is 5.17. The van der Waals surface area contributed by atoms with Crippen LogP contribution in [-0.2, 0) is 11.2 Å². The highest BCUT2D eigenvalue weighted by molar-refractivity contribution is 7.22. The average Bonchev–Trinajstić information content (AvgIpc) is 3.45. The molecule has 0 aliphatic carbocycles. The number of fused-ring (bicyclic) bond motifs is 1. The van der Waals surface area contributed by atoms with Gasteiger partial charge in [-0.15, -0.1) is 0 Å². The van der Waals surface area contributed by atoms with Crippen molar-refractivity contribution in [2.45, 2.75) is 33.1 Å². The van der Waals surface area contributed by atoms with Crippen molar-refractivity contribution in [3.05, 3.63) is 42.1 Å². The van der Waals surface area contributed by atoms with Crippen LogP contribution in [0.25, 0.3) is 21.7 Å². The largest absolute Gasteiger partial charge is 0.355 e. The maximum Gasteiger partial charge on any atom is 0.263 e. The number of para-hydroxylation sites is 1. The lowest BCUT2D eigenvalue weighted by Crippen LogP contribution is -2.41. The maximum absolute atomic E-state index is 13.0. The molecule has 164 valence electrons. The van der Waals surface area contributed by atoms with E-state index < -0.39 is 0 Å². The number of carbonyl (C=O) groups is 1. The first kappa shape index (κ1) is 20.5. The van der Waals surface area contributed by atoms with Crippen LogP contribution in [0, 0.1) is 12.8 Å². The molecule has 0 saturated carbocycles. The molecule has 1 saturated heterocycles. The van der Waals surface area contributed by atoms with Gasteiger partial charge in [-0.25, -0.2) is 15.0 Å². The van der Waals surface area contributed by atoms with Crippen molar-refractivity contribution >= 4 is 38.4 Å². The summed E-state index contributed by atoms with van der Waals surface area (Å²) in [7, 11) is 0. The Labute approximate surface area is 188 Å². The minimum Gasteiger partial charge on any atom is -0.355 e. The number of benzene rings is 1. The highest BCUT2D eigenvalue weighted by Gasteiger charge is 2.29. The molecule has 0 spiro atoms. The van der Waals surface area contributed by atoms with Crippen molar-refractivity contribution in [2.24, 2.45) is 5.92 Å². The lowest BCUT2D eigenvalue weighted by Gasteiger charge is -2.33. The first-order chi connectivity index (χ1) is 15.6. The lowest BCUT2D eigenvalue weighted by molar-refractivity contribution is -0.120. The molecule has 3 aromatic heterocycles. The molecular weight excluding hydrogens is 426 g/mol. The molecule has 4 aromatic rings. The van der Waals surface area contributed by atoms with Gasteiger partial charge in [-0.3, -0.25) is 4.79 Å². The van der Waals surface area contributed by atoms with Gasteiger partial charge in [0.25, 0.3) is 5.89 Å².